The minimum absolute atomic E-state index is 0.0342. The van der Waals surface area contributed by atoms with Crippen molar-refractivity contribution in [2.75, 3.05) is 18.1 Å². The highest BCUT2D eigenvalue weighted by molar-refractivity contribution is 7.22. The molecule has 0 N–H and O–H groups in total. The van der Waals surface area contributed by atoms with Gasteiger partial charge in [-0.15, -0.1) is 0 Å². The molecular weight excluding hydrogens is 380 g/mol. The predicted octanol–water partition coefficient (Wildman–Crippen LogP) is 5.39. The SMILES string of the molecule is Cc1cc2nc(N(CC3CCCO3)C(=O)c3ccccc3Cl)sc2cc1C. The van der Waals surface area contributed by atoms with Crippen LogP contribution in [-0.2, 0) is 4.74 Å². The number of hydrogen-bond donors (Lipinski definition) is 0. The summed E-state index contributed by atoms with van der Waals surface area (Å²) < 4.78 is 6.86. The Morgan fingerprint density at radius 3 is 2.81 bits per heavy atom. The summed E-state index contributed by atoms with van der Waals surface area (Å²) >= 11 is 7.83. The number of aromatic nitrogens is 1. The Balaban J connectivity index is 1.75. The summed E-state index contributed by atoms with van der Waals surface area (Å²) in [6.45, 7) is 5.40. The van der Waals surface area contributed by atoms with Crippen LogP contribution in [0.5, 0.6) is 0 Å². The minimum atomic E-state index is -0.136. The van der Waals surface area contributed by atoms with E-state index >= 15 is 0 Å². The summed E-state index contributed by atoms with van der Waals surface area (Å²) in [7, 11) is 0. The first kappa shape index (κ1) is 18.4. The second-order valence-corrected chi connectivity index (χ2v) is 8.35. The first-order valence-corrected chi connectivity index (χ1v) is 10.3. The highest BCUT2D eigenvalue weighted by Crippen LogP contribution is 2.33. The molecule has 1 fully saturated rings. The van der Waals surface area contributed by atoms with Crippen LogP contribution in [0.3, 0.4) is 0 Å². The van der Waals surface area contributed by atoms with Gasteiger partial charge in [0.2, 0.25) is 0 Å². The van der Waals surface area contributed by atoms with Crippen LogP contribution in [0.4, 0.5) is 5.13 Å². The lowest BCUT2D eigenvalue weighted by Gasteiger charge is -2.23. The molecule has 1 aliphatic heterocycles. The van der Waals surface area contributed by atoms with E-state index in [-0.39, 0.29) is 12.0 Å². The molecule has 4 rings (SSSR count). The number of aryl methyl sites for hydroxylation is 2. The third kappa shape index (κ3) is 3.72. The minimum Gasteiger partial charge on any atom is -0.376 e. The van der Waals surface area contributed by atoms with Crippen LogP contribution in [0, 0.1) is 13.8 Å². The maximum Gasteiger partial charge on any atom is 0.261 e. The number of rotatable bonds is 4. The Morgan fingerprint density at radius 1 is 1.30 bits per heavy atom. The maximum absolute atomic E-state index is 13.3. The van der Waals surface area contributed by atoms with Crippen molar-refractivity contribution in [2.45, 2.75) is 32.8 Å². The molecule has 0 aliphatic carbocycles. The van der Waals surface area contributed by atoms with Gasteiger partial charge in [-0.1, -0.05) is 35.1 Å². The highest BCUT2D eigenvalue weighted by Gasteiger charge is 2.28. The number of nitrogens with zero attached hydrogens (tertiary/aromatic N) is 2. The molecule has 140 valence electrons. The lowest BCUT2D eigenvalue weighted by Crippen LogP contribution is -2.37. The Bertz CT molecular complexity index is 956. The molecule has 0 saturated carbocycles. The van der Waals surface area contributed by atoms with Gasteiger partial charge in [-0.3, -0.25) is 9.69 Å². The molecule has 4 nitrogen and oxygen atoms in total. The largest absolute Gasteiger partial charge is 0.376 e. The third-order valence-electron chi connectivity index (χ3n) is 4.98. The topological polar surface area (TPSA) is 42.4 Å². The Kier molecular flexibility index (Phi) is 5.17. The number of benzene rings is 2. The van der Waals surface area contributed by atoms with Gasteiger partial charge in [0.15, 0.2) is 5.13 Å². The quantitative estimate of drug-likeness (QED) is 0.589. The van der Waals surface area contributed by atoms with E-state index in [1.54, 1.807) is 17.0 Å². The van der Waals surface area contributed by atoms with Crippen molar-refractivity contribution in [1.29, 1.82) is 0 Å². The second-order valence-electron chi connectivity index (χ2n) is 6.93. The monoisotopic (exact) mass is 400 g/mol. The molecule has 1 unspecified atom stereocenters. The molecule has 0 spiro atoms. The van der Waals surface area contributed by atoms with E-state index in [9.17, 15) is 4.79 Å². The number of anilines is 1. The van der Waals surface area contributed by atoms with Crippen LogP contribution in [0.2, 0.25) is 5.02 Å². The Labute approximate surface area is 167 Å². The number of fused-ring (bicyclic) bond motifs is 1. The molecule has 1 aromatic heterocycles. The van der Waals surface area contributed by atoms with Crippen LogP contribution in [0.1, 0.15) is 34.3 Å². The second kappa shape index (κ2) is 7.58. The molecular formula is C21H21ClN2O2S. The zero-order chi connectivity index (χ0) is 19.0. The molecule has 3 aromatic rings. The van der Waals surface area contributed by atoms with E-state index in [1.165, 1.54) is 22.5 Å². The van der Waals surface area contributed by atoms with Crippen LogP contribution in [0.25, 0.3) is 10.2 Å². The number of thiazole rings is 1. The van der Waals surface area contributed by atoms with Gasteiger partial charge in [-0.2, -0.15) is 0 Å². The normalized spacial score (nSPS) is 16.8. The van der Waals surface area contributed by atoms with Crippen molar-refractivity contribution in [3.8, 4) is 0 Å². The van der Waals surface area contributed by atoms with Gasteiger partial charge in [0.1, 0.15) is 0 Å². The van der Waals surface area contributed by atoms with Crippen molar-refractivity contribution in [3.63, 3.8) is 0 Å². The van der Waals surface area contributed by atoms with Gasteiger partial charge in [0, 0.05) is 6.61 Å². The van der Waals surface area contributed by atoms with Crippen molar-refractivity contribution in [2.24, 2.45) is 0 Å². The fourth-order valence-electron chi connectivity index (χ4n) is 3.30. The average molecular weight is 401 g/mol. The fourth-order valence-corrected chi connectivity index (χ4v) is 4.57. The Hall–Kier alpha value is -1.95. The lowest BCUT2D eigenvalue weighted by molar-refractivity contribution is 0.0917. The number of hydrogen-bond acceptors (Lipinski definition) is 4. The summed E-state index contributed by atoms with van der Waals surface area (Å²) in [4.78, 5) is 19.8. The molecule has 2 aromatic carbocycles. The van der Waals surface area contributed by atoms with E-state index in [0.717, 1.165) is 29.7 Å². The van der Waals surface area contributed by atoms with E-state index in [4.69, 9.17) is 21.3 Å². The zero-order valence-corrected chi connectivity index (χ0v) is 16.9. The average Bonchev–Trinajstić information content (AvgIpc) is 3.29. The van der Waals surface area contributed by atoms with Crippen LogP contribution in [-0.4, -0.2) is 30.1 Å². The summed E-state index contributed by atoms with van der Waals surface area (Å²) in [6, 6.07) is 11.4. The van der Waals surface area contributed by atoms with Gasteiger partial charge in [0.05, 0.1) is 33.5 Å². The highest BCUT2D eigenvalue weighted by atomic mass is 35.5. The third-order valence-corrected chi connectivity index (χ3v) is 6.35. The first-order valence-electron chi connectivity index (χ1n) is 9.08. The van der Waals surface area contributed by atoms with Crippen LogP contribution < -0.4 is 4.90 Å². The van der Waals surface area contributed by atoms with E-state index in [1.807, 2.05) is 12.1 Å². The first-order chi connectivity index (χ1) is 13.0. The van der Waals surface area contributed by atoms with Crippen molar-refractivity contribution in [3.05, 3.63) is 58.1 Å². The molecule has 0 radical (unpaired) electrons. The Morgan fingerprint density at radius 2 is 2.07 bits per heavy atom. The number of halogens is 1. The fraction of sp³-hybridized carbons (Fsp3) is 0.333. The number of carbonyl (C=O) groups is 1. The molecule has 2 heterocycles. The number of carbonyl (C=O) groups excluding carboxylic acids is 1. The van der Waals surface area contributed by atoms with Crippen molar-refractivity contribution >= 4 is 44.2 Å². The van der Waals surface area contributed by atoms with Crippen LogP contribution in [0.15, 0.2) is 36.4 Å². The van der Waals surface area contributed by atoms with E-state index in [0.29, 0.717) is 22.3 Å². The number of amides is 1. The van der Waals surface area contributed by atoms with Gasteiger partial charge < -0.3 is 4.74 Å². The summed E-state index contributed by atoms with van der Waals surface area (Å²) in [6.07, 6.45) is 2.01. The summed E-state index contributed by atoms with van der Waals surface area (Å²) in [5.74, 6) is -0.136. The van der Waals surface area contributed by atoms with Gasteiger partial charge in [-0.05, 0) is 62.1 Å². The van der Waals surface area contributed by atoms with E-state index < -0.39 is 0 Å². The molecule has 1 aliphatic rings. The number of ether oxygens (including phenoxy) is 1. The molecule has 1 amide bonds. The predicted molar refractivity (Wildman–Crippen MR) is 111 cm³/mol. The summed E-state index contributed by atoms with van der Waals surface area (Å²) in [5, 5.41) is 1.14. The molecule has 1 saturated heterocycles. The standard InChI is InChI=1S/C21H21ClN2O2S/c1-13-10-18-19(11-14(13)2)27-21(23-18)24(12-15-6-5-9-26-15)20(25)16-7-3-4-8-17(16)22/h3-4,7-8,10-11,15H,5-6,9,12H2,1-2H3. The van der Waals surface area contributed by atoms with Gasteiger partial charge in [-0.25, -0.2) is 4.98 Å². The maximum atomic E-state index is 13.3. The molecule has 6 heteroatoms. The van der Waals surface area contributed by atoms with Crippen molar-refractivity contribution in [1.82, 2.24) is 4.98 Å². The van der Waals surface area contributed by atoms with Crippen molar-refractivity contribution < 1.29 is 9.53 Å². The molecule has 27 heavy (non-hydrogen) atoms. The van der Waals surface area contributed by atoms with Gasteiger partial charge in [0.25, 0.3) is 5.91 Å². The van der Waals surface area contributed by atoms with E-state index in [2.05, 4.69) is 26.0 Å². The zero-order valence-electron chi connectivity index (χ0n) is 15.4. The lowest BCUT2D eigenvalue weighted by atomic mass is 10.1. The van der Waals surface area contributed by atoms with Crippen LogP contribution >= 0.6 is 22.9 Å². The summed E-state index contributed by atoms with van der Waals surface area (Å²) in [5.41, 5.74) is 3.83. The molecule has 0 bridgehead atoms. The smallest absolute Gasteiger partial charge is 0.261 e. The van der Waals surface area contributed by atoms with Gasteiger partial charge >= 0.3 is 0 Å². The molecule has 1 atom stereocenters.